The van der Waals surface area contributed by atoms with Crippen molar-refractivity contribution in [3.05, 3.63) is 59.2 Å². The van der Waals surface area contributed by atoms with Gasteiger partial charge in [0.25, 0.3) is 0 Å². The molecule has 3 unspecified atom stereocenters. The van der Waals surface area contributed by atoms with Crippen molar-refractivity contribution in [2.45, 2.75) is 46.6 Å². The van der Waals surface area contributed by atoms with E-state index in [1.54, 1.807) is 13.0 Å². The van der Waals surface area contributed by atoms with E-state index in [-0.39, 0.29) is 4.90 Å². The van der Waals surface area contributed by atoms with Crippen LogP contribution in [0.25, 0.3) is 0 Å². The molecule has 0 aliphatic carbocycles. The Hall–Kier alpha value is -1.82. The Balaban J connectivity index is 1.90. The van der Waals surface area contributed by atoms with Gasteiger partial charge in [-0.25, -0.2) is 0 Å². The maximum atomic E-state index is 13.3. The summed E-state index contributed by atoms with van der Waals surface area (Å²) in [5.41, 5.74) is 0.406. The van der Waals surface area contributed by atoms with Crippen LogP contribution in [-0.2, 0) is 21.7 Å². The van der Waals surface area contributed by atoms with Gasteiger partial charge in [0.2, 0.25) is 0 Å². The first-order valence-corrected chi connectivity index (χ1v) is 11.3. The van der Waals surface area contributed by atoms with Crippen molar-refractivity contribution in [2.24, 2.45) is 0 Å². The van der Waals surface area contributed by atoms with Gasteiger partial charge in [-0.15, -0.1) is 11.8 Å². The van der Waals surface area contributed by atoms with Crippen LogP contribution < -0.4 is 0 Å². The fourth-order valence-electron chi connectivity index (χ4n) is 3.45. The lowest BCUT2D eigenvalue weighted by Crippen LogP contribution is -2.39. The third-order valence-electron chi connectivity index (χ3n) is 5.12. The number of alkyl halides is 3. The van der Waals surface area contributed by atoms with Crippen LogP contribution in [0.4, 0.5) is 13.2 Å². The molecule has 0 N–H and O–H groups in total. The first-order valence-electron chi connectivity index (χ1n) is 8.97. The Morgan fingerprint density at radius 2 is 2.03 bits per heavy atom. The van der Waals surface area contributed by atoms with E-state index in [9.17, 15) is 22.6 Å². The van der Waals surface area contributed by atoms with Crippen molar-refractivity contribution >= 4 is 22.6 Å². The molecule has 0 amide bonds. The molecule has 3 rings (SSSR count). The van der Waals surface area contributed by atoms with E-state index in [1.807, 2.05) is 18.4 Å². The largest absolute Gasteiger partial charge is 0.416 e. The average molecular weight is 440 g/mol. The first-order chi connectivity index (χ1) is 13.7. The smallest absolute Gasteiger partial charge is 0.373 e. The average Bonchev–Trinajstić information content (AvgIpc) is 2.72. The van der Waals surface area contributed by atoms with E-state index in [1.165, 1.54) is 23.9 Å². The summed E-state index contributed by atoms with van der Waals surface area (Å²) in [6.45, 7) is 2.13. The second-order valence-corrected chi connectivity index (χ2v) is 10.00. The summed E-state index contributed by atoms with van der Waals surface area (Å²) in [5.74, 6) is 0. The molecule has 1 aliphatic rings. The summed E-state index contributed by atoms with van der Waals surface area (Å²) < 4.78 is 57.5. The Bertz CT molecular complexity index is 971. The summed E-state index contributed by atoms with van der Waals surface area (Å²) >= 11 is 1.53. The van der Waals surface area contributed by atoms with E-state index in [0.717, 1.165) is 22.6 Å². The van der Waals surface area contributed by atoms with Gasteiger partial charge in [0.15, 0.2) is 0 Å². The van der Waals surface area contributed by atoms with Gasteiger partial charge in [0.05, 0.1) is 38.8 Å². The maximum absolute atomic E-state index is 13.3. The van der Waals surface area contributed by atoms with E-state index in [4.69, 9.17) is 4.74 Å². The lowest BCUT2D eigenvalue weighted by Gasteiger charge is -2.38. The van der Waals surface area contributed by atoms with Gasteiger partial charge in [-0.3, -0.25) is 4.21 Å². The van der Waals surface area contributed by atoms with E-state index in [0.29, 0.717) is 25.0 Å². The Morgan fingerprint density at radius 3 is 2.69 bits per heavy atom. The van der Waals surface area contributed by atoms with Gasteiger partial charge in [0, 0.05) is 16.4 Å². The lowest BCUT2D eigenvalue weighted by molar-refractivity contribution is -0.137. The Kier molecular flexibility index (Phi) is 6.42. The molecular formula is C21H20F3NO2S2. The standard InChI is InChI=1S/C21H20F3NO2S2/c1-20(29(26)17-5-3-4-15(11-17)21(22,23)24)8-9-27-19(12-20)18-7-6-16(28-2)10-14(18)13-25/h3-7,10-11,19H,8-9,12H2,1-2H3. The monoisotopic (exact) mass is 439 g/mol. The second-order valence-electron chi connectivity index (χ2n) is 7.12. The third kappa shape index (κ3) is 4.68. The highest BCUT2D eigenvalue weighted by Gasteiger charge is 2.40. The minimum atomic E-state index is -4.49. The Labute approximate surface area is 174 Å². The van der Waals surface area contributed by atoms with Crippen LogP contribution in [0, 0.1) is 11.3 Å². The number of nitrogens with zero attached hydrogens (tertiary/aromatic N) is 1. The van der Waals surface area contributed by atoms with Crippen molar-refractivity contribution in [1.29, 1.82) is 5.26 Å². The third-order valence-corrected chi connectivity index (χ3v) is 7.79. The van der Waals surface area contributed by atoms with Crippen LogP contribution in [0.2, 0.25) is 0 Å². The van der Waals surface area contributed by atoms with Crippen LogP contribution >= 0.6 is 11.8 Å². The molecule has 0 bridgehead atoms. The molecule has 0 saturated carbocycles. The summed E-state index contributed by atoms with van der Waals surface area (Å²) in [7, 11) is -1.66. The topological polar surface area (TPSA) is 50.1 Å². The molecule has 1 fully saturated rings. The number of benzene rings is 2. The predicted molar refractivity (Wildman–Crippen MR) is 107 cm³/mol. The van der Waals surface area contributed by atoms with Crippen LogP contribution in [0.15, 0.2) is 52.3 Å². The van der Waals surface area contributed by atoms with Crippen molar-refractivity contribution in [1.82, 2.24) is 0 Å². The molecule has 1 heterocycles. The van der Waals surface area contributed by atoms with Crippen LogP contribution in [0.1, 0.15) is 42.6 Å². The second kappa shape index (κ2) is 8.50. The zero-order valence-corrected chi connectivity index (χ0v) is 17.6. The highest BCUT2D eigenvalue weighted by atomic mass is 32.2. The number of hydrogen-bond donors (Lipinski definition) is 0. The zero-order valence-electron chi connectivity index (χ0n) is 16.0. The van der Waals surface area contributed by atoms with Gasteiger partial charge in [0.1, 0.15) is 0 Å². The number of thioether (sulfide) groups is 1. The lowest BCUT2D eigenvalue weighted by atomic mass is 9.90. The summed E-state index contributed by atoms with van der Waals surface area (Å²) in [6, 6.07) is 12.4. The predicted octanol–water partition coefficient (Wildman–Crippen LogP) is 5.72. The highest BCUT2D eigenvalue weighted by molar-refractivity contribution is 7.98. The molecule has 0 spiro atoms. The quantitative estimate of drug-likeness (QED) is 0.572. The molecule has 29 heavy (non-hydrogen) atoms. The number of ether oxygens (including phenoxy) is 1. The van der Waals surface area contributed by atoms with Crippen molar-refractivity contribution < 1.29 is 22.1 Å². The molecule has 0 radical (unpaired) electrons. The minimum Gasteiger partial charge on any atom is -0.373 e. The molecular weight excluding hydrogens is 419 g/mol. The fraction of sp³-hybridized carbons (Fsp3) is 0.381. The Morgan fingerprint density at radius 1 is 1.28 bits per heavy atom. The molecule has 3 nitrogen and oxygen atoms in total. The first kappa shape index (κ1) is 21.9. The van der Waals surface area contributed by atoms with E-state index < -0.39 is 33.4 Å². The van der Waals surface area contributed by atoms with E-state index >= 15 is 0 Å². The summed E-state index contributed by atoms with van der Waals surface area (Å²) in [6.07, 6.45) is -2.20. The molecule has 0 aromatic heterocycles. The molecule has 1 aliphatic heterocycles. The van der Waals surface area contributed by atoms with Crippen LogP contribution in [0.5, 0.6) is 0 Å². The van der Waals surface area contributed by atoms with Gasteiger partial charge in [-0.2, -0.15) is 18.4 Å². The van der Waals surface area contributed by atoms with Gasteiger partial charge in [-0.1, -0.05) is 12.1 Å². The zero-order chi connectivity index (χ0) is 21.2. The van der Waals surface area contributed by atoms with Gasteiger partial charge < -0.3 is 4.74 Å². The van der Waals surface area contributed by atoms with Crippen LogP contribution in [0.3, 0.4) is 0 Å². The molecule has 3 atom stereocenters. The summed E-state index contributed by atoms with van der Waals surface area (Å²) in [5, 5.41) is 9.51. The molecule has 2 aromatic rings. The SMILES string of the molecule is CSc1ccc(C2CC(C)(S(=O)c3cccc(C(F)(F)F)c3)CCO2)c(C#N)c1. The normalized spacial score (nSPS) is 23.4. The molecule has 8 heteroatoms. The maximum Gasteiger partial charge on any atom is 0.416 e. The molecule has 1 saturated heterocycles. The number of nitriles is 1. The highest BCUT2D eigenvalue weighted by Crippen LogP contribution is 2.42. The number of rotatable bonds is 4. The number of hydrogen-bond acceptors (Lipinski definition) is 4. The van der Waals surface area contributed by atoms with Crippen LogP contribution in [-0.4, -0.2) is 21.8 Å². The number of halogens is 3. The minimum absolute atomic E-state index is 0.154. The fourth-order valence-corrected chi connectivity index (χ4v) is 5.47. The van der Waals surface area contributed by atoms with E-state index in [2.05, 4.69) is 6.07 Å². The van der Waals surface area contributed by atoms with Crippen molar-refractivity contribution in [3.63, 3.8) is 0 Å². The van der Waals surface area contributed by atoms with Gasteiger partial charge >= 0.3 is 6.18 Å². The summed E-state index contributed by atoms with van der Waals surface area (Å²) in [4.78, 5) is 1.11. The molecule has 2 aromatic carbocycles. The van der Waals surface area contributed by atoms with Crippen molar-refractivity contribution in [3.8, 4) is 6.07 Å². The van der Waals surface area contributed by atoms with Crippen molar-refractivity contribution in [2.75, 3.05) is 12.9 Å². The van der Waals surface area contributed by atoms with Gasteiger partial charge in [-0.05, 0) is 61.9 Å². The molecule has 154 valence electrons.